The molecular weight excluding hydrogens is 376 g/mol. The van der Waals surface area contributed by atoms with Gasteiger partial charge in [-0.1, -0.05) is 27.2 Å². The second-order valence-corrected chi connectivity index (χ2v) is 7.84. The summed E-state index contributed by atoms with van der Waals surface area (Å²) in [5.74, 6) is 1.09. The molecule has 0 saturated heterocycles. The van der Waals surface area contributed by atoms with Crippen molar-refractivity contribution < 1.29 is 33.3 Å². The van der Waals surface area contributed by atoms with Gasteiger partial charge in [-0.15, -0.1) is 0 Å². The number of methoxy groups -OCH3 is 3. The third kappa shape index (κ3) is 5.78. The lowest BCUT2D eigenvalue weighted by atomic mass is 9.75. The Kier molecular flexibility index (Phi) is 8.17. The fraction of sp³-hybridized carbons (Fsp3) is 0.636. The van der Waals surface area contributed by atoms with E-state index in [1.807, 2.05) is 0 Å². The van der Waals surface area contributed by atoms with Crippen LogP contribution in [0.1, 0.15) is 50.4 Å². The van der Waals surface area contributed by atoms with Crippen molar-refractivity contribution in [2.45, 2.75) is 46.1 Å². The van der Waals surface area contributed by atoms with Crippen molar-refractivity contribution in [3.63, 3.8) is 0 Å². The summed E-state index contributed by atoms with van der Waals surface area (Å²) in [6, 6.07) is 2.99. The van der Waals surface area contributed by atoms with Gasteiger partial charge in [-0.3, -0.25) is 0 Å². The van der Waals surface area contributed by atoms with Gasteiger partial charge in [0.15, 0.2) is 18.1 Å². The fourth-order valence-corrected chi connectivity index (χ4v) is 3.84. The van der Waals surface area contributed by atoms with E-state index in [1.54, 1.807) is 0 Å². The van der Waals surface area contributed by atoms with Gasteiger partial charge in [-0.25, -0.2) is 9.59 Å². The predicted octanol–water partition coefficient (Wildman–Crippen LogP) is 3.87. The molecule has 0 unspecified atom stereocenters. The van der Waals surface area contributed by atoms with Crippen molar-refractivity contribution in [1.29, 1.82) is 0 Å². The highest BCUT2D eigenvalue weighted by atomic mass is 16.6. The standard InChI is InChI=1S/C22H32O7/c1-13(2)15-8-7-14(3)9-18(15)29-21(23)12-28-22(24)16-10-19(26-5)20(27-6)11-17(16)25-4/h10-11,13-15,18H,7-9,12H2,1-6H3/t14-,15+,18+/m0/s1. The summed E-state index contributed by atoms with van der Waals surface area (Å²) in [4.78, 5) is 24.8. The molecule has 1 aromatic carbocycles. The molecular formula is C22H32O7. The van der Waals surface area contributed by atoms with E-state index in [9.17, 15) is 9.59 Å². The molecule has 2 rings (SSSR count). The van der Waals surface area contributed by atoms with Gasteiger partial charge in [0.05, 0.1) is 21.3 Å². The minimum atomic E-state index is -0.697. The van der Waals surface area contributed by atoms with Crippen molar-refractivity contribution in [2.75, 3.05) is 27.9 Å². The van der Waals surface area contributed by atoms with E-state index in [4.69, 9.17) is 23.7 Å². The molecule has 0 N–H and O–H groups in total. The van der Waals surface area contributed by atoms with Crippen molar-refractivity contribution in [3.8, 4) is 17.2 Å². The molecule has 0 spiro atoms. The average Bonchev–Trinajstić information content (AvgIpc) is 2.70. The first-order valence-corrected chi connectivity index (χ1v) is 9.97. The summed E-state index contributed by atoms with van der Waals surface area (Å²) < 4.78 is 26.5. The van der Waals surface area contributed by atoms with Crippen LogP contribution in [0.2, 0.25) is 0 Å². The lowest BCUT2D eigenvalue weighted by Gasteiger charge is -2.36. The second-order valence-electron chi connectivity index (χ2n) is 7.84. The Morgan fingerprint density at radius 3 is 2.21 bits per heavy atom. The van der Waals surface area contributed by atoms with Gasteiger partial charge in [0, 0.05) is 12.1 Å². The lowest BCUT2D eigenvalue weighted by Crippen LogP contribution is -2.36. The topological polar surface area (TPSA) is 80.3 Å². The largest absolute Gasteiger partial charge is 0.496 e. The quantitative estimate of drug-likeness (QED) is 0.604. The summed E-state index contributed by atoms with van der Waals surface area (Å²) in [7, 11) is 4.39. The Balaban J connectivity index is 2.02. The van der Waals surface area contributed by atoms with E-state index in [0.29, 0.717) is 29.3 Å². The molecule has 1 fully saturated rings. The van der Waals surface area contributed by atoms with E-state index in [1.165, 1.54) is 33.5 Å². The third-order valence-corrected chi connectivity index (χ3v) is 5.49. The lowest BCUT2D eigenvalue weighted by molar-refractivity contribution is -0.159. The van der Waals surface area contributed by atoms with Gasteiger partial charge in [0.25, 0.3) is 0 Å². The number of carbonyl (C=O) groups is 2. The maximum absolute atomic E-state index is 12.5. The van der Waals surface area contributed by atoms with E-state index < -0.39 is 18.5 Å². The summed E-state index contributed by atoms with van der Waals surface area (Å²) in [5.41, 5.74) is 0.143. The molecule has 0 aliphatic heterocycles. The molecule has 1 aliphatic rings. The fourth-order valence-electron chi connectivity index (χ4n) is 3.84. The van der Waals surface area contributed by atoms with Crippen molar-refractivity contribution >= 4 is 11.9 Å². The van der Waals surface area contributed by atoms with Crippen LogP contribution >= 0.6 is 0 Å². The third-order valence-electron chi connectivity index (χ3n) is 5.49. The van der Waals surface area contributed by atoms with Gasteiger partial charge in [-0.2, -0.15) is 0 Å². The van der Waals surface area contributed by atoms with Gasteiger partial charge < -0.3 is 23.7 Å². The maximum atomic E-state index is 12.5. The Bertz CT molecular complexity index is 713. The first-order chi connectivity index (χ1) is 13.8. The van der Waals surface area contributed by atoms with E-state index in [2.05, 4.69) is 20.8 Å². The number of benzene rings is 1. The first-order valence-electron chi connectivity index (χ1n) is 9.97. The average molecular weight is 408 g/mol. The van der Waals surface area contributed by atoms with Crippen LogP contribution < -0.4 is 14.2 Å². The van der Waals surface area contributed by atoms with Crippen LogP contribution in [0.15, 0.2) is 12.1 Å². The molecule has 1 saturated carbocycles. The molecule has 0 radical (unpaired) electrons. The van der Waals surface area contributed by atoms with Crippen LogP contribution in [0.4, 0.5) is 0 Å². The van der Waals surface area contributed by atoms with Crippen molar-refractivity contribution in [3.05, 3.63) is 17.7 Å². The minimum absolute atomic E-state index is 0.138. The van der Waals surface area contributed by atoms with Crippen LogP contribution in [0.3, 0.4) is 0 Å². The molecule has 29 heavy (non-hydrogen) atoms. The zero-order chi connectivity index (χ0) is 21.6. The Hall–Kier alpha value is -2.44. The second kappa shape index (κ2) is 10.4. The summed E-state index contributed by atoms with van der Waals surface area (Å²) >= 11 is 0. The molecule has 0 amide bonds. The SMILES string of the molecule is COc1cc(OC)c(C(=O)OCC(=O)O[C@@H]2C[C@@H](C)CC[C@@H]2C(C)C)cc1OC. The summed E-state index contributed by atoms with van der Waals surface area (Å²) in [6.07, 6.45) is 2.89. The Morgan fingerprint density at radius 1 is 1.00 bits per heavy atom. The van der Waals surface area contributed by atoms with Crippen LogP contribution in [0.5, 0.6) is 17.2 Å². The van der Waals surface area contributed by atoms with Crippen LogP contribution in [0.25, 0.3) is 0 Å². The zero-order valence-electron chi connectivity index (χ0n) is 18.2. The molecule has 162 valence electrons. The number of hydrogen-bond donors (Lipinski definition) is 0. The molecule has 1 aliphatic carbocycles. The molecule has 1 aromatic rings. The monoisotopic (exact) mass is 408 g/mol. The number of carbonyl (C=O) groups excluding carboxylic acids is 2. The highest BCUT2D eigenvalue weighted by molar-refractivity contribution is 5.94. The van der Waals surface area contributed by atoms with Crippen LogP contribution in [-0.2, 0) is 14.3 Å². The Morgan fingerprint density at radius 2 is 1.62 bits per heavy atom. The highest BCUT2D eigenvalue weighted by Crippen LogP contribution is 2.36. The first kappa shape index (κ1) is 22.8. The highest BCUT2D eigenvalue weighted by Gasteiger charge is 2.33. The van der Waals surface area contributed by atoms with Crippen molar-refractivity contribution in [1.82, 2.24) is 0 Å². The van der Waals surface area contributed by atoms with Gasteiger partial charge >= 0.3 is 11.9 Å². The van der Waals surface area contributed by atoms with Gasteiger partial charge in [-0.05, 0) is 30.6 Å². The number of hydrogen-bond acceptors (Lipinski definition) is 7. The van der Waals surface area contributed by atoms with E-state index >= 15 is 0 Å². The van der Waals surface area contributed by atoms with E-state index in [0.717, 1.165) is 19.3 Å². The normalized spacial score (nSPS) is 21.4. The molecule has 0 heterocycles. The molecule has 7 heteroatoms. The molecule has 7 nitrogen and oxygen atoms in total. The number of rotatable bonds is 8. The smallest absolute Gasteiger partial charge is 0.344 e. The summed E-state index contributed by atoms with van der Waals surface area (Å²) in [5, 5.41) is 0. The minimum Gasteiger partial charge on any atom is -0.496 e. The maximum Gasteiger partial charge on any atom is 0.344 e. The van der Waals surface area contributed by atoms with Crippen LogP contribution in [0, 0.1) is 17.8 Å². The van der Waals surface area contributed by atoms with Gasteiger partial charge in [0.1, 0.15) is 17.4 Å². The zero-order valence-corrected chi connectivity index (χ0v) is 18.2. The van der Waals surface area contributed by atoms with E-state index in [-0.39, 0.29) is 17.4 Å². The van der Waals surface area contributed by atoms with Crippen molar-refractivity contribution in [2.24, 2.45) is 17.8 Å². The predicted molar refractivity (Wildman–Crippen MR) is 108 cm³/mol. The number of ether oxygens (including phenoxy) is 5. The van der Waals surface area contributed by atoms with Gasteiger partial charge in [0.2, 0.25) is 0 Å². The summed E-state index contributed by atoms with van der Waals surface area (Å²) in [6.45, 7) is 6.00. The Labute approximate surface area is 172 Å². The number of esters is 2. The molecule has 0 bridgehead atoms. The van der Waals surface area contributed by atoms with Crippen LogP contribution in [-0.4, -0.2) is 46.0 Å². The molecule has 3 atom stereocenters. The molecule has 0 aromatic heterocycles.